The van der Waals surface area contributed by atoms with Crippen molar-refractivity contribution in [1.29, 1.82) is 0 Å². The minimum atomic E-state index is -4.04. The van der Waals surface area contributed by atoms with Gasteiger partial charge in [0.05, 0.1) is 0 Å². The summed E-state index contributed by atoms with van der Waals surface area (Å²) in [6, 6.07) is 0.496. The molecule has 7 nitrogen and oxygen atoms in total. The molecule has 1 aromatic rings. The Hall–Kier alpha value is -2.07. The average molecular weight is 334 g/mol. The van der Waals surface area contributed by atoms with Crippen molar-refractivity contribution in [3.63, 3.8) is 0 Å². The van der Waals surface area contributed by atoms with Crippen LogP contribution in [-0.4, -0.2) is 42.1 Å². The molecular formula is C12H12F2N2O5S. The standard InChI is InChI=1S/C12H12F2N2O5S/c13-6-1-2-8(9(14)3-6)11(12(18)19)16-5-7(4-10(16)17)22(15,20)21/h1-3,7,11H,4-5H2,(H,18,19)(H2,15,20,21). The maximum absolute atomic E-state index is 13.8. The highest BCUT2D eigenvalue weighted by molar-refractivity contribution is 7.89. The van der Waals surface area contributed by atoms with E-state index >= 15 is 0 Å². The Balaban J connectivity index is 2.41. The molecule has 2 rings (SSSR count). The third kappa shape index (κ3) is 3.07. The van der Waals surface area contributed by atoms with E-state index in [4.69, 9.17) is 5.14 Å². The zero-order chi connectivity index (χ0) is 16.7. The molecule has 22 heavy (non-hydrogen) atoms. The summed E-state index contributed by atoms with van der Waals surface area (Å²) in [5.74, 6) is -4.39. The number of hydrogen-bond acceptors (Lipinski definition) is 4. The van der Waals surface area contributed by atoms with Crippen LogP contribution in [0.4, 0.5) is 8.78 Å². The summed E-state index contributed by atoms with van der Waals surface area (Å²) in [6.45, 7) is -0.467. The van der Waals surface area contributed by atoms with E-state index < -0.39 is 63.4 Å². The summed E-state index contributed by atoms with van der Waals surface area (Å²) >= 11 is 0. The Kier molecular flexibility index (Phi) is 4.16. The van der Waals surface area contributed by atoms with Crippen molar-refractivity contribution in [1.82, 2.24) is 4.90 Å². The second-order valence-electron chi connectivity index (χ2n) is 4.87. The number of nitrogens with zero attached hydrogens (tertiary/aromatic N) is 1. The van der Waals surface area contributed by atoms with Gasteiger partial charge in [-0.3, -0.25) is 4.79 Å². The monoisotopic (exact) mass is 334 g/mol. The second-order valence-corrected chi connectivity index (χ2v) is 6.71. The fraction of sp³-hybridized carbons (Fsp3) is 0.333. The predicted molar refractivity (Wildman–Crippen MR) is 70.0 cm³/mol. The summed E-state index contributed by atoms with van der Waals surface area (Å²) in [7, 11) is -4.04. The number of halogens is 2. The smallest absolute Gasteiger partial charge is 0.331 e. The van der Waals surface area contributed by atoms with Crippen LogP contribution in [0.1, 0.15) is 18.0 Å². The van der Waals surface area contributed by atoms with Gasteiger partial charge in [-0.2, -0.15) is 0 Å². The molecule has 0 aromatic heterocycles. The molecule has 1 saturated heterocycles. The average Bonchev–Trinajstić information content (AvgIpc) is 2.74. The van der Waals surface area contributed by atoms with Crippen molar-refractivity contribution in [2.45, 2.75) is 17.7 Å². The normalized spacial score (nSPS) is 20.2. The predicted octanol–water partition coefficient (Wildman–Crippen LogP) is -0.0201. The van der Waals surface area contributed by atoms with Crippen LogP contribution in [0.5, 0.6) is 0 Å². The lowest BCUT2D eigenvalue weighted by atomic mass is 10.0. The van der Waals surface area contributed by atoms with Crippen molar-refractivity contribution in [3.05, 3.63) is 35.4 Å². The Labute approximate surface area is 124 Å². The van der Waals surface area contributed by atoms with E-state index in [1.165, 1.54) is 0 Å². The molecule has 0 spiro atoms. The van der Waals surface area contributed by atoms with Gasteiger partial charge in [0.25, 0.3) is 0 Å². The molecule has 1 fully saturated rings. The van der Waals surface area contributed by atoms with E-state index in [-0.39, 0.29) is 0 Å². The molecule has 0 aliphatic carbocycles. The summed E-state index contributed by atoms with van der Waals surface area (Å²) in [4.78, 5) is 24.0. The number of rotatable bonds is 4. The number of likely N-dealkylation sites (tertiary alicyclic amines) is 1. The van der Waals surface area contributed by atoms with Crippen molar-refractivity contribution in [3.8, 4) is 0 Å². The van der Waals surface area contributed by atoms with Crippen LogP contribution < -0.4 is 5.14 Å². The molecule has 1 aliphatic rings. The highest BCUT2D eigenvalue weighted by Crippen LogP contribution is 2.30. The highest BCUT2D eigenvalue weighted by Gasteiger charge is 2.43. The zero-order valence-corrected chi connectivity index (χ0v) is 11.9. The number of sulfonamides is 1. The van der Waals surface area contributed by atoms with Crippen LogP contribution in [0.25, 0.3) is 0 Å². The summed E-state index contributed by atoms with van der Waals surface area (Å²) in [6.07, 6.45) is -0.481. The van der Waals surface area contributed by atoms with Crippen molar-refractivity contribution in [2.75, 3.05) is 6.54 Å². The number of nitrogens with two attached hydrogens (primary N) is 1. The molecule has 3 N–H and O–H groups in total. The number of carbonyl (C=O) groups is 2. The van der Waals surface area contributed by atoms with Crippen LogP contribution >= 0.6 is 0 Å². The number of carboxylic acids is 1. The van der Waals surface area contributed by atoms with Gasteiger partial charge in [-0.15, -0.1) is 0 Å². The van der Waals surface area contributed by atoms with E-state index in [1.807, 2.05) is 0 Å². The van der Waals surface area contributed by atoms with Gasteiger partial charge in [0.15, 0.2) is 6.04 Å². The lowest BCUT2D eigenvalue weighted by Crippen LogP contribution is -2.38. The summed E-state index contributed by atoms with van der Waals surface area (Å²) in [5.41, 5.74) is -0.433. The highest BCUT2D eigenvalue weighted by atomic mass is 32.2. The van der Waals surface area contributed by atoms with Crippen molar-refractivity contribution >= 4 is 21.9 Å². The molecule has 0 saturated carbocycles. The molecule has 1 aromatic carbocycles. The summed E-state index contributed by atoms with van der Waals surface area (Å²) in [5, 5.41) is 12.9. The van der Waals surface area contributed by atoms with E-state index in [9.17, 15) is 31.9 Å². The third-order valence-corrected chi connectivity index (χ3v) is 4.64. The molecule has 10 heteroatoms. The molecule has 2 unspecified atom stereocenters. The number of carbonyl (C=O) groups excluding carboxylic acids is 1. The van der Waals surface area contributed by atoms with Crippen molar-refractivity contribution < 1.29 is 31.9 Å². The van der Waals surface area contributed by atoms with Crippen LogP contribution in [-0.2, 0) is 19.6 Å². The van der Waals surface area contributed by atoms with Crippen LogP contribution in [0.3, 0.4) is 0 Å². The first-order valence-corrected chi connectivity index (χ1v) is 7.71. The zero-order valence-electron chi connectivity index (χ0n) is 11.1. The Bertz CT molecular complexity index is 737. The Morgan fingerprint density at radius 1 is 1.41 bits per heavy atom. The lowest BCUT2D eigenvalue weighted by molar-refractivity contribution is -0.148. The van der Waals surface area contributed by atoms with Crippen LogP contribution in [0, 0.1) is 11.6 Å². The van der Waals surface area contributed by atoms with Gasteiger partial charge in [-0.25, -0.2) is 27.1 Å². The molecule has 1 aliphatic heterocycles. The molecule has 0 bridgehead atoms. The van der Waals surface area contributed by atoms with Crippen molar-refractivity contribution in [2.24, 2.45) is 5.14 Å². The fourth-order valence-electron chi connectivity index (χ4n) is 2.32. The molecule has 120 valence electrons. The number of primary sulfonamides is 1. The third-order valence-electron chi connectivity index (χ3n) is 3.39. The quantitative estimate of drug-likeness (QED) is 0.802. The first-order chi connectivity index (χ1) is 10.1. The fourth-order valence-corrected chi connectivity index (χ4v) is 3.07. The minimum Gasteiger partial charge on any atom is -0.479 e. The number of carboxylic acid groups (broad SMARTS) is 1. The second kappa shape index (κ2) is 5.61. The molecule has 1 amide bonds. The largest absolute Gasteiger partial charge is 0.479 e. The van der Waals surface area contributed by atoms with E-state index in [2.05, 4.69) is 0 Å². The molecule has 2 atom stereocenters. The first kappa shape index (κ1) is 16.3. The van der Waals surface area contributed by atoms with E-state index in [0.29, 0.717) is 11.0 Å². The van der Waals surface area contributed by atoms with Gasteiger partial charge in [0, 0.05) is 24.6 Å². The Morgan fingerprint density at radius 3 is 2.50 bits per heavy atom. The first-order valence-electron chi connectivity index (χ1n) is 6.10. The minimum absolute atomic E-state index is 0.433. The van der Waals surface area contributed by atoms with Gasteiger partial charge in [-0.1, -0.05) is 6.07 Å². The number of amides is 1. The van der Waals surface area contributed by atoms with Gasteiger partial charge < -0.3 is 10.0 Å². The van der Waals surface area contributed by atoms with E-state index in [1.54, 1.807) is 0 Å². The van der Waals surface area contributed by atoms with Crippen LogP contribution in [0.15, 0.2) is 18.2 Å². The van der Waals surface area contributed by atoms with E-state index in [0.717, 1.165) is 12.1 Å². The Morgan fingerprint density at radius 2 is 2.05 bits per heavy atom. The van der Waals surface area contributed by atoms with Gasteiger partial charge >= 0.3 is 5.97 Å². The summed E-state index contributed by atoms with van der Waals surface area (Å²) < 4.78 is 49.3. The SMILES string of the molecule is NS(=O)(=O)C1CC(=O)N(C(C(=O)O)c2ccc(F)cc2F)C1. The molecule has 1 heterocycles. The lowest BCUT2D eigenvalue weighted by Gasteiger charge is -2.25. The maximum atomic E-state index is 13.8. The number of benzene rings is 1. The number of hydrogen-bond donors (Lipinski definition) is 2. The molecule has 0 radical (unpaired) electrons. The maximum Gasteiger partial charge on any atom is 0.331 e. The van der Waals surface area contributed by atoms with Gasteiger partial charge in [0.2, 0.25) is 15.9 Å². The molecular weight excluding hydrogens is 322 g/mol. The van der Waals surface area contributed by atoms with Crippen LogP contribution in [0.2, 0.25) is 0 Å². The van der Waals surface area contributed by atoms with Gasteiger partial charge in [-0.05, 0) is 6.07 Å². The van der Waals surface area contributed by atoms with Gasteiger partial charge in [0.1, 0.15) is 16.9 Å². The number of aliphatic carboxylic acids is 1. The topological polar surface area (TPSA) is 118 Å².